The lowest BCUT2D eigenvalue weighted by molar-refractivity contribution is -0.677. The van der Waals surface area contributed by atoms with Crippen LogP contribution in [-0.2, 0) is 0 Å². The van der Waals surface area contributed by atoms with Gasteiger partial charge in [0, 0.05) is 10.1 Å². The molecular formula is C14H16ClN5O3. The molecule has 1 aromatic carbocycles. The Morgan fingerprint density at radius 2 is 1.91 bits per heavy atom. The number of piperidine rings is 1. The van der Waals surface area contributed by atoms with Gasteiger partial charge in [0.1, 0.15) is 5.69 Å². The van der Waals surface area contributed by atoms with Crippen molar-refractivity contribution in [3.63, 3.8) is 0 Å². The van der Waals surface area contributed by atoms with Crippen LogP contribution in [0.2, 0.25) is 5.02 Å². The van der Waals surface area contributed by atoms with Crippen molar-refractivity contribution in [3.05, 3.63) is 44.6 Å². The van der Waals surface area contributed by atoms with Gasteiger partial charge in [-0.25, -0.2) is 0 Å². The Balaban J connectivity index is 2.04. The van der Waals surface area contributed by atoms with E-state index in [4.69, 9.17) is 11.6 Å². The van der Waals surface area contributed by atoms with Crippen molar-refractivity contribution >= 4 is 23.2 Å². The summed E-state index contributed by atoms with van der Waals surface area (Å²) in [7, 11) is 0. The molecule has 0 amide bonds. The fraction of sp³-hybridized carbons (Fsp3) is 0.429. The van der Waals surface area contributed by atoms with Crippen molar-refractivity contribution in [3.8, 4) is 5.69 Å². The quantitative estimate of drug-likeness (QED) is 0.371. The number of nitro groups is 1. The van der Waals surface area contributed by atoms with Crippen LogP contribution in [0.4, 0.5) is 11.6 Å². The van der Waals surface area contributed by atoms with Gasteiger partial charge in [-0.1, -0.05) is 23.3 Å². The van der Waals surface area contributed by atoms with E-state index in [0.717, 1.165) is 17.6 Å². The highest BCUT2D eigenvalue weighted by Crippen LogP contribution is 2.27. The normalized spacial score (nSPS) is 15.8. The van der Waals surface area contributed by atoms with E-state index in [1.807, 2.05) is 0 Å². The molecule has 1 saturated heterocycles. The zero-order chi connectivity index (χ0) is 16.6. The molecule has 1 aliphatic heterocycles. The van der Waals surface area contributed by atoms with Crippen molar-refractivity contribution < 1.29 is 9.77 Å². The average Bonchev–Trinajstić information content (AvgIpc) is 2.87. The van der Waals surface area contributed by atoms with Gasteiger partial charge in [-0.3, -0.25) is 4.90 Å². The molecule has 0 spiro atoms. The summed E-state index contributed by atoms with van der Waals surface area (Å²) in [5.41, 5.74) is 0.420. The first-order valence-electron chi connectivity index (χ1n) is 7.35. The zero-order valence-corrected chi connectivity index (χ0v) is 13.3. The number of hydrogen-bond donors (Lipinski definition) is 0. The van der Waals surface area contributed by atoms with Crippen LogP contribution in [0.25, 0.3) is 5.69 Å². The Bertz CT molecular complexity index is 723. The molecule has 0 bridgehead atoms. The summed E-state index contributed by atoms with van der Waals surface area (Å²) in [5.74, 6) is 0.123. The molecule has 0 N–H and O–H groups in total. The molecule has 2 heterocycles. The topological polar surface area (TPSA) is 91.1 Å². The largest absolute Gasteiger partial charge is 0.723 e. The lowest BCUT2D eigenvalue weighted by atomic mass is 9.99. The van der Waals surface area contributed by atoms with Gasteiger partial charge in [0.25, 0.3) is 0 Å². The van der Waals surface area contributed by atoms with Crippen LogP contribution in [0.15, 0.2) is 24.3 Å². The lowest BCUT2D eigenvalue weighted by Gasteiger charge is -2.27. The predicted octanol–water partition coefficient (Wildman–Crippen LogP) is 2.30. The molecule has 0 saturated carbocycles. The van der Waals surface area contributed by atoms with Crippen LogP contribution < -0.4 is 9.75 Å². The Morgan fingerprint density at radius 3 is 2.48 bits per heavy atom. The first-order valence-corrected chi connectivity index (χ1v) is 7.73. The van der Waals surface area contributed by atoms with E-state index in [-0.39, 0.29) is 5.82 Å². The summed E-state index contributed by atoms with van der Waals surface area (Å²) in [6.45, 7) is 3.35. The monoisotopic (exact) mass is 337 g/mol. The molecule has 23 heavy (non-hydrogen) atoms. The minimum atomic E-state index is -0.617. The van der Waals surface area contributed by atoms with E-state index >= 15 is 0 Å². The highest BCUT2D eigenvalue weighted by atomic mass is 35.5. The summed E-state index contributed by atoms with van der Waals surface area (Å²) < 4.78 is 0. The van der Waals surface area contributed by atoms with Gasteiger partial charge in [-0.15, -0.1) is 0 Å². The molecule has 0 radical (unpaired) electrons. The van der Waals surface area contributed by atoms with Crippen LogP contribution in [0.5, 0.6) is 0 Å². The van der Waals surface area contributed by atoms with Crippen LogP contribution in [0.1, 0.15) is 19.8 Å². The first kappa shape index (κ1) is 15.5. The van der Waals surface area contributed by atoms with Crippen LogP contribution >= 0.6 is 11.6 Å². The lowest BCUT2D eigenvalue weighted by Crippen LogP contribution is -2.45. The van der Waals surface area contributed by atoms with Gasteiger partial charge in [0.2, 0.25) is 0 Å². The van der Waals surface area contributed by atoms with Crippen molar-refractivity contribution in [2.45, 2.75) is 19.8 Å². The van der Waals surface area contributed by atoms with Gasteiger partial charge in [0.05, 0.1) is 13.1 Å². The molecular weight excluding hydrogens is 322 g/mol. The predicted molar refractivity (Wildman–Crippen MR) is 84.8 cm³/mol. The van der Waals surface area contributed by atoms with E-state index in [2.05, 4.69) is 12.0 Å². The van der Waals surface area contributed by atoms with E-state index < -0.39 is 10.7 Å². The zero-order valence-electron chi connectivity index (χ0n) is 12.6. The van der Waals surface area contributed by atoms with Gasteiger partial charge in [-0.05, 0) is 47.9 Å². The second kappa shape index (κ2) is 6.04. The maximum Gasteiger partial charge on any atom is 0.428 e. The second-order valence-electron chi connectivity index (χ2n) is 5.71. The number of hydrogen-bond acceptors (Lipinski definition) is 5. The Hall–Kier alpha value is -2.35. The molecule has 9 heteroatoms. The number of halogens is 1. The van der Waals surface area contributed by atoms with Crippen molar-refractivity contribution in [1.82, 2.24) is 9.90 Å². The Kier molecular flexibility index (Phi) is 4.08. The summed E-state index contributed by atoms with van der Waals surface area (Å²) in [6, 6.07) is 6.39. The third kappa shape index (κ3) is 2.94. The third-order valence-corrected chi connectivity index (χ3v) is 4.31. The van der Waals surface area contributed by atoms with Crippen molar-refractivity contribution in [1.29, 1.82) is 0 Å². The SMILES string of the molecule is CC1CCN(c2c([N+](=O)[O-])nn(-c3ccc(Cl)cc3)[n+]2[O-])CC1. The minimum absolute atomic E-state index is 0.00292. The highest BCUT2D eigenvalue weighted by Gasteiger charge is 2.34. The number of nitrogens with zero attached hydrogens (tertiary/aromatic N) is 5. The summed E-state index contributed by atoms with van der Waals surface area (Å²) in [4.78, 5) is 13.9. The number of aromatic nitrogens is 3. The molecule has 1 aromatic heterocycles. The van der Waals surface area contributed by atoms with E-state index in [1.165, 1.54) is 0 Å². The molecule has 0 unspecified atom stereocenters. The van der Waals surface area contributed by atoms with Gasteiger partial charge in [-0.2, -0.15) is 4.85 Å². The molecule has 2 aromatic rings. The Morgan fingerprint density at radius 1 is 1.30 bits per heavy atom. The van der Waals surface area contributed by atoms with Crippen LogP contribution in [0.3, 0.4) is 0 Å². The van der Waals surface area contributed by atoms with Crippen LogP contribution in [0, 0.1) is 21.2 Å². The maximum atomic E-state index is 12.6. The van der Waals surface area contributed by atoms with E-state index in [1.54, 1.807) is 29.2 Å². The molecule has 8 nitrogen and oxygen atoms in total. The number of benzene rings is 1. The molecule has 1 fully saturated rings. The molecule has 1 aliphatic rings. The molecule has 0 atom stereocenters. The summed E-state index contributed by atoms with van der Waals surface area (Å²) in [5, 5.41) is 28.3. The summed E-state index contributed by atoms with van der Waals surface area (Å²) in [6.07, 6.45) is 1.78. The van der Waals surface area contributed by atoms with Gasteiger partial charge >= 0.3 is 11.6 Å². The van der Waals surface area contributed by atoms with E-state index in [9.17, 15) is 15.3 Å². The molecule has 3 rings (SSSR count). The van der Waals surface area contributed by atoms with Gasteiger partial charge in [0.15, 0.2) is 0 Å². The average molecular weight is 338 g/mol. The smallest absolute Gasteiger partial charge is 0.428 e. The minimum Gasteiger partial charge on any atom is -0.723 e. The second-order valence-corrected chi connectivity index (χ2v) is 6.15. The van der Waals surface area contributed by atoms with Crippen molar-refractivity contribution in [2.24, 2.45) is 5.92 Å². The standard InChI is InChI=1S/C14H16ClN5O3/c1-10-6-8-17(9-7-10)14-13(20(22)23)16-18(19(14)21)12-4-2-11(15)3-5-12/h2-5,10H,6-9H2,1H3. The number of rotatable bonds is 3. The third-order valence-electron chi connectivity index (χ3n) is 4.06. The molecule has 0 aliphatic carbocycles. The number of anilines is 1. The Labute approximate surface area is 137 Å². The maximum absolute atomic E-state index is 12.6. The van der Waals surface area contributed by atoms with Crippen molar-refractivity contribution in [2.75, 3.05) is 18.0 Å². The van der Waals surface area contributed by atoms with Gasteiger partial charge < -0.3 is 15.3 Å². The fourth-order valence-corrected chi connectivity index (χ4v) is 2.81. The summed E-state index contributed by atoms with van der Waals surface area (Å²) >= 11 is 5.83. The van der Waals surface area contributed by atoms with Crippen LogP contribution in [-0.4, -0.2) is 27.9 Å². The first-order chi connectivity index (χ1) is 11.0. The molecule has 122 valence electrons. The van der Waals surface area contributed by atoms with E-state index in [0.29, 0.717) is 34.6 Å². The highest BCUT2D eigenvalue weighted by molar-refractivity contribution is 6.30. The fourth-order valence-electron chi connectivity index (χ4n) is 2.69.